The molecule has 0 unspecified atom stereocenters. The summed E-state index contributed by atoms with van der Waals surface area (Å²) < 4.78 is 7.24. The largest absolute Gasteiger partial charge is 0.463 e. The van der Waals surface area contributed by atoms with E-state index >= 15 is 0 Å². The first-order valence-electron chi connectivity index (χ1n) is 10.5. The van der Waals surface area contributed by atoms with E-state index in [2.05, 4.69) is 20.4 Å². The predicted molar refractivity (Wildman–Crippen MR) is 131 cm³/mol. The summed E-state index contributed by atoms with van der Waals surface area (Å²) in [5.41, 5.74) is 16.0. The topological polar surface area (TPSA) is 138 Å². The molecule has 0 atom stereocenters. The SMILES string of the molecule is Nc1nc(-c2ccco2)c2cnn(Cc3cccc(/C=C/C(=O)Nc4ccccc4N)c3)c2n1. The molecule has 9 heteroatoms. The maximum absolute atomic E-state index is 12.3. The van der Waals surface area contributed by atoms with E-state index in [1.54, 1.807) is 41.4 Å². The minimum absolute atomic E-state index is 0.141. The fourth-order valence-electron chi connectivity index (χ4n) is 3.61. The molecule has 3 aromatic heterocycles. The average molecular weight is 451 g/mol. The van der Waals surface area contributed by atoms with E-state index < -0.39 is 0 Å². The van der Waals surface area contributed by atoms with E-state index in [0.717, 1.165) is 16.5 Å². The summed E-state index contributed by atoms with van der Waals surface area (Å²) >= 11 is 0. The number of aromatic nitrogens is 4. The Bertz CT molecular complexity index is 1500. The van der Waals surface area contributed by atoms with Crippen LogP contribution in [0.2, 0.25) is 0 Å². The molecule has 34 heavy (non-hydrogen) atoms. The number of nitrogen functional groups attached to an aromatic ring is 2. The molecule has 0 saturated heterocycles. The van der Waals surface area contributed by atoms with Gasteiger partial charge in [0.15, 0.2) is 11.4 Å². The lowest BCUT2D eigenvalue weighted by molar-refractivity contribution is -0.111. The summed E-state index contributed by atoms with van der Waals surface area (Å²) in [7, 11) is 0. The number of para-hydroxylation sites is 2. The summed E-state index contributed by atoms with van der Waals surface area (Å²) in [6, 6.07) is 18.5. The van der Waals surface area contributed by atoms with Gasteiger partial charge in [-0.3, -0.25) is 4.79 Å². The fraction of sp³-hybridized carbons (Fsp3) is 0.0400. The highest BCUT2D eigenvalue weighted by Gasteiger charge is 2.15. The van der Waals surface area contributed by atoms with Crippen molar-refractivity contribution in [2.24, 2.45) is 0 Å². The van der Waals surface area contributed by atoms with Crippen LogP contribution in [-0.4, -0.2) is 25.7 Å². The van der Waals surface area contributed by atoms with Crippen molar-refractivity contribution in [1.29, 1.82) is 0 Å². The second-order valence-corrected chi connectivity index (χ2v) is 7.60. The molecule has 0 aliphatic rings. The molecule has 0 radical (unpaired) electrons. The molecular formula is C25H21N7O2. The van der Waals surface area contributed by atoms with Crippen LogP contribution in [-0.2, 0) is 11.3 Å². The van der Waals surface area contributed by atoms with Crippen LogP contribution in [0.3, 0.4) is 0 Å². The van der Waals surface area contributed by atoms with Crippen molar-refractivity contribution in [3.63, 3.8) is 0 Å². The Kier molecular flexibility index (Phi) is 5.49. The number of nitrogens with two attached hydrogens (primary N) is 2. The molecule has 5 aromatic rings. The van der Waals surface area contributed by atoms with Crippen molar-refractivity contribution in [3.8, 4) is 11.5 Å². The number of rotatable bonds is 6. The highest BCUT2D eigenvalue weighted by Crippen LogP contribution is 2.27. The van der Waals surface area contributed by atoms with Crippen molar-refractivity contribution in [2.45, 2.75) is 6.54 Å². The maximum atomic E-state index is 12.3. The van der Waals surface area contributed by atoms with Crippen LogP contribution in [0, 0.1) is 0 Å². The third kappa shape index (κ3) is 4.35. The number of amides is 1. The van der Waals surface area contributed by atoms with E-state index in [1.165, 1.54) is 6.08 Å². The smallest absolute Gasteiger partial charge is 0.248 e. The lowest BCUT2D eigenvalue weighted by Gasteiger charge is -2.06. The number of nitrogens with one attached hydrogen (secondary N) is 1. The van der Waals surface area contributed by atoms with Crippen LogP contribution >= 0.6 is 0 Å². The molecule has 168 valence electrons. The van der Waals surface area contributed by atoms with Crippen LogP contribution in [0.5, 0.6) is 0 Å². The first-order valence-corrected chi connectivity index (χ1v) is 10.5. The maximum Gasteiger partial charge on any atom is 0.248 e. The van der Waals surface area contributed by atoms with E-state index in [1.807, 2.05) is 42.5 Å². The van der Waals surface area contributed by atoms with E-state index in [0.29, 0.717) is 35.0 Å². The highest BCUT2D eigenvalue weighted by molar-refractivity contribution is 6.03. The average Bonchev–Trinajstić information content (AvgIpc) is 3.50. The van der Waals surface area contributed by atoms with Gasteiger partial charge in [0.1, 0.15) is 5.69 Å². The Balaban J connectivity index is 1.36. The number of nitrogens with zero attached hydrogens (tertiary/aromatic N) is 4. The van der Waals surface area contributed by atoms with Gasteiger partial charge in [0.2, 0.25) is 11.9 Å². The molecular weight excluding hydrogens is 430 g/mol. The van der Waals surface area contributed by atoms with Gasteiger partial charge >= 0.3 is 0 Å². The summed E-state index contributed by atoms with van der Waals surface area (Å²) in [6.07, 6.45) is 6.50. The summed E-state index contributed by atoms with van der Waals surface area (Å²) in [6.45, 7) is 0.464. The predicted octanol–water partition coefficient (Wildman–Crippen LogP) is 3.95. The monoisotopic (exact) mass is 451 g/mol. The lowest BCUT2D eigenvalue weighted by atomic mass is 10.1. The first kappa shape index (κ1) is 21.0. The number of furan rings is 1. The molecule has 0 aliphatic carbocycles. The highest BCUT2D eigenvalue weighted by atomic mass is 16.3. The molecule has 0 saturated carbocycles. The second-order valence-electron chi connectivity index (χ2n) is 7.60. The van der Waals surface area contributed by atoms with Crippen molar-refractivity contribution in [1.82, 2.24) is 19.7 Å². The van der Waals surface area contributed by atoms with Gasteiger partial charge in [-0.15, -0.1) is 0 Å². The summed E-state index contributed by atoms with van der Waals surface area (Å²) in [5.74, 6) is 0.475. The van der Waals surface area contributed by atoms with Crippen LogP contribution in [0.25, 0.3) is 28.6 Å². The number of carbonyl (C=O) groups is 1. The van der Waals surface area contributed by atoms with Gasteiger partial charge in [-0.25, -0.2) is 9.67 Å². The van der Waals surface area contributed by atoms with Crippen molar-refractivity contribution < 1.29 is 9.21 Å². The van der Waals surface area contributed by atoms with Crippen LogP contribution < -0.4 is 16.8 Å². The minimum Gasteiger partial charge on any atom is -0.463 e. The number of hydrogen-bond donors (Lipinski definition) is 3. The van der Waals surface area contributed by atoms with Crippen LogP contribution in [0.1, 0.15) is 11.1 Å². The quantitative estimate of drug-likeness (QED) is 0.262. The summed E-state index contributed by atoms with van der Waals surface area (Å²) in [4.78, 5) is 21.0. The Morgan fingerprint density at radius 3 is 2.76 bits per heavy atom. The number of anilines is 3. The summed E-state index contributed by atoms with van der Waals surface area (Å²) in [5, 5.41) is 8.01. The Hall–Kier alpha value is -4.92. The molecule has 1 amide bonds. The molecule has 0 bridgehead atoms. The Morgan fingerprint density at radius 2 is 1.94 bits per heavy atom. The van der Waals surface area contributed by atoms with Gasteiger partial charge in [-0.1, -0.05) is 30.3 Å². The van der Waals surface area contributed by atoms with Gasteiger partial charge in [-0.05, 0) is 47.5 Å². The van der Waals surface area contributed by atoms with E-state index in [4.69, 9.17) is 15.9 Å². The van der Waals surface area contributed by atoms with Crippen LogP contribution in [0.4, 0.5) is 17.3 Å². The molecule has 2 aromatic carbocycles. The minimum atomic E-state index is -0.265. The molecule has 0 aliphatic heterocycles. The Morgan fingerprint density at radius 1 is 1.06 bits per heavy atom. The third-order valence-electron chi connectivity index (χ3n) is 5.20. The van der Waals surface area contributed by atoms with Gasteiger partial charge in [-0.2, -0.15) is 10.1 Å². The first-order chi connectivity index (χ1) is 16.6. The van der Waals surface area contributed by atoms with Crippen molar-refractivity contribution in [3.05, 3.63) is 90.3 Å². The number of hydrogen-bond acceptors (Lipinski definition) is 7. The lowest BCUT2D eigenvalue weighted by Crippen LogP contribution is -2.09. The fourth-order valence-corrected chi connectivity index (χ4v) is 3.61. The zero-order valence-corrected chi connectivity index (χ0v) is 18.1. The standard InChI is InChI=1S/C25H21N7O2/c26-19-7-1-2-8-20(19)29-22(33)11-10-16-5-3-6-17(13-16)15-32-24-18(14-28-32)23(30-25(27)31-24)21-9-4-12-34-21/h1-14H,15,26H2,(H,29,33)(H2,27,30,31)/b11-10+. The molecule has 5 N–H and O–H groups in total. The molecule has 5 rings (SSSR count). The van der Waals surface area contributed by atoms with Gasteiger partial charge in [0.25, 0.3) is 0 Å². The zero-order chi connectivity index (χ0) is 23.5. The number of benzene rings is 2. The molecule has 0 spiro atoms. The van der Waals surface area contributed by atoms with Crippen molar-refractivity contribution >= 4 is 40.3 Å². The van der Waals surface area contributed by atoms with Gasteiger partial charge < -0.3 is 21.2 Å². The normalized spacial score (nSPS) is 11.3. The van der Waals surface area contributed by atoms with Gasteiger partial charge in [0.05, 0.1) is 35.8 Å². The third-order valence-corrected chi connectivity index (χ3v) is 5.20. The number of fused-ring (bicyclic) bond motifs is 1. The molecule has 0 fully saturated rings. The van der Waals surface area contributed by atoms with Crippen molar-refractivity contribution in [2.75, 3.05) is 16.8 Å². The zero-order valence-electron chi connectivity index (χ0n) is 18.1. The molecule has 3 heterocycles. The van der Waals surface area contributed by atoms with E-state index in [-0.39, 0.29) is 11.9 Å². The number of carbonyl (C=O) groups excluding carboxylic acids is 1. The van der Waals surface area contributed by atoms with Gasteiger partial charge in [0, 0.05) is 6.08 Å². The molecule has 9 nitrogen and oxygen atoms in total. The Labute approximate surface area is 194 Å². The van der Waals surface area contributed by atoms with Crippen LogP contribution in [0.15, 0.2) is 83.6 Å². The second kappa shape index (κ2) is 8.91. The van der Waals surface area contributed by atoms with E-state index in [9.17, 15) is 4.79 Å².